The molecule has 0 spiro atoms. The van der Waals surface area contributed by atoms with Crippen molar-refractivity contribution in [1.82, 2.24) is 0 Å². The second kappa shape index (κ2) is 12.1. The normalized spacial score (nSPS) is 15.0. The number of unbranched alkanes of at least 4 members (excludes halogenated alkanes) is 1. The van der Waals surface area contributed by atoms with Gasteiger partial charge in [-0.25, -0.2) is 0 Å². The Morgan fingerprint density at radius 1 is 0.591 bits per heavy atom. The van der Waals surface area contributed by atoms with Crippen molar-refractivity contribution < 1.29 is 26.3 Å². The zero-order valence-corrected chi connectivity index (χ0v) is 14.1. The third-order valence-corrected chi connectivity index (χ3v) is 3.60. The van der Waals surface area contributed by atoms with Crippen molar-refractivity contribution in [1.29, 1.82) is 0 Å². The van der Waals surface area contributed by atoms with Gasteiger partial charge in [0, 0.05) is 0 Å². The van der Waals surface area contributed by atoms with Crippen LogP contribution < -0.4 is 0 Å². The Morgan fingerprint density at radius 2 is 1.00 bits per heavy atom. The summed E-state index contributed by atoms with van der Waals surface area (Å²) in [5, 5.41) is 0. The molecule has 0 heterocycles. The van der Waals surface area contributed by atoms with E-state index in [1.807, 2.05) is 6.92 Å². The molecule has 0 fully saturated rings. The Kier molecular flexibility index (Phi) is 13.1. The maximum atomic E-state index is 12.2. The first-order chi connectivity index (χ1) is 10.0. The minimum absolute atomic E-state index is 0.206. The highest BCUT2D eigenvalue weighted by Gasteiger charge is 2.38. The molecule has 2 atom stereocenters. The lowest BCUT2D eigenvalue weighted by molar-refractivity contribution is -0.178. The molecular weight excluding hydrogens is 306 g/mol. The summed E-state index contributed by atoms with van der Waals surface area (Å²) in [6.07, 6.45) is -4.16. The van der Waals surface area contributed by atoms with Crippen molar-refractivity contribution >= 4 is 0 Å². The van der Waals surface area contributed by atoms with Crippen LogP contribution in [0.25, 0.3) is 0 Å². The molecule has 0 aromatic heterocycles. The van der Waals surface area contributed by atoms with Crippen LogP contribution in [-0.4, -0.2) is 12.4 Å². The minimum atomic E-state index is -3.98. The van der Waals surface area contributed by atoms with Crippen LogP contribution in [-0.2, 0) is 0 Å². The second-order valence-electron chi connectivity index (χ2n) is 5.60. The molecule has 136 valence electrons. The molecule has 0 N–H and O–H groups in total. The Labute approximate surface area is 130 Å². The summed E-state index contributed by atoms with van der Waals surface area (Å²) >= 11 is 0. The highest BCUT2D eigenvalue weighted by atomic mass is 19.4. The van der Waals surface area contributed by atoms with E-state index >= 15 is 0 Å². The summed E-state index contributed by atoms with van der Waals surface area (Å²) < 4.78 is 72.4. The molecule has 0 nitrogen and oxygen atoms in total. The number of rotatable bonds is 8. The smallest absolute Gasteiger partial charge is 0.171 e. The zero-order chi connectivity index (χ0) is 17.8. The molecule has 0 saturated heterocycles. The Bertz CT molecular complexity index is 244. The van der Waals surface area contributed by atoms with Crippen LogP contribution in [0.5, 0.6) is 0 Å². The van der Waals surface area contributed by atoms with Crippen LogP contribution in [0.2, 0.25) is 0 Å². The lowest BCUT2D eigenvalue weighted by Gasteiger charge is -2.18. The molecule has 0 aromatic carbocycles. The lowest BCUT2D eigenvalue weighted by atomic mass is 9.97. The summed E-state index contributed by atoms with van der Waals surface area (Å²) in [5.74, 6) is -2.15. The van der Waals surface area contributed by atoms with E-state index in [2.05, 4.69) is 0 Å². The SMILES string of the molecule is CCCC(CC)C(F)(F)F.CCCCC(CCC)C(F)(F)F. The van der Waals surface area contributed by atoms with E-state index in [1.54, 1.807) is 20.8 Å². The third-order valence-electron chi connectivity index (χ3n) is 3.60. The summed E-state index contributed by atoms with van der Waals surface area (Å²) in [5.41, 5.74) is 0. The number of alkyl halides is 6. The Hall–Kier alpha value is -0.420. The van der Waals surface area contributed by atoms with Gasteiger partial charge in [0.1, 0.15) is 0 Å². The Balaban J connectivity index is 0. The number of hydrogen-bond donors (Lipinski definition) is 0. The predicted molar refractivity (Wildman–Crippen MR) is 78.7 cm³/mol. The molecule has 6 heteroatoms. The van der Waals surface area contributed by atoms with Gasteiger partial charge in [-0.1, -0.05) is 53.4 Å². The lowest BCUT2D eigenvalue weighted by Crippen LogP contribution is -2.22. The van der Waals surface area contributed by atoms with Crippen LogP contribution >= 0.6 is 0 Å². The average Bonchev–Trinajstić information content (AvgIpc) is 2.39. The fourth-order valence-electron chi connectivity index (χ4n) is 2.22. The van der Waals surface area contributed by atoms with E-state index in [9.17, 15) is 26.3 Å². The van der Waals surface area contributed by atoms with Gasteiger partial charge >= 0.3 is 12.4 Å². The molecule has 0 aliphatic heterocycles. The maximum Gasteiger partial charge on any atom is 0.391 e. The van der Waals surface area contributed by atoms with Gasteiger partial charge in [-0.05, 0) is 25.7 Å². The van der Waals surface area contributed by atoms with E-state index in [1.165, 1.54) is 0 Å². The van der Waals surface area contributed by atoms with Crippen LogP contribution in [0.4, 0.5) is 26.3 Å². The van der Waals surface area contributed by atoms with Gasteiger partial charge in [0.25, 0.3) is 0 Å². The van der Waals surface area contributed by atoms with Gasteiger partial charge < -0.3 is 0 Å². The number of halogens is 6. The topological polar surface area (TPSA) is 0 Å². The molecule has 0 saturated carbocycles. The van der Waals surface area contributed by atoms with Crippen molar-refractivity contribution in [2.24, 2.45) is 11.8 Å². The third kappa shape index (κ3) is 12.2. The van der Waals surface area contributed by atoms with E-state index in [-0.39, 0.29) is 19.3 Å². The molecule has 0 bridgehead atoms. The van der Waals surface area contributed by atoms with E-state index in [0.29, 0.717) is 25.7 Å². The van der Waals surface area contributed by atoms with E-state index < -0.39 is 24.2 Å². The first-order valence-corrected chi connectivity index (χ1v) is 8.17. The van der Waals surface area contributed by atoms with Crippen LogP contribution in [0, 0.1) is 11.8 Å². The van der Waals surface area contributed by atoms with Crippen molar-refractivity contribution in [3.8, 4) is 0 Å². The largest absolute Gasteiger partial charge is 0.391 e. The zero-order valence-electron chi connectivity index (χ0n) is 14.1. The summed E-state index contributed by atoms with van der Waals surface area (Å²) in [7, 11) is 0. The number of hydrogen-bond acceptors (Lipinski definition) is 0. The van der Waals surface area contributed by atoms with Crippen LogP contribution in [0.3, 0.4) is 0 Å². The maximum absolute atomic E-state index is 12.2. The van der Waals surface area contributed by atoms with Crippen molar-refractivity contribution in [2.45, 2.75) is 91.4 Å². The molecular formula is C16H30F6. The fraction of sp³-hybridized carbons (Fsp3) is 1.00. The monoisotopic (exact) mass is 336 g/mol. The summed E-state index contributed by atoms with van der Waals surface area (Å²) in [4.78, 5) is 0. The highest BCUT2D eigenvalue weighted by Crippen LogP contribution is 2.33. The van der Waals surface area contributed by atoms with Gasteiger partial charge in [-0.15, -0.1) is 0 Å². The van der Waals surface area contributed by atoms with Gasteiger partial charge in [0.05, 0.1) is 11.8 Å². The van der Waals surface area contributed by atoms with Crippen molar-refractivity contribution in [3.05, 3.63) is 0 Å². The van der Waals surface area contributed by atoms with Gasteiger partial charge in [0.15, 0.2) is 0 Å². The van der Waals surface area contributed by atoms with E-state index in [0.717, 1.165) is 6.42 Å². The molecule has 0 aliphatic rings. The molecule has 22 heavy (non-hydrogen) atoms. The quantitative estimate of drug-likeness (QED) is 0.402. The average molecular weight is 336 g/mol. The highest BCUT2D eigenvalue weighted by molar-refractivity contribution is 4.67. The van der Waals surface area contributed by atoms with Crippen LogP contribution in [0.15, 0.2) is 0 Å². The summed E-state index contributed by atoms with van der Waals surface area (Å²) in [6, 6.07) is 0. The van der Waals surface area contributed by atoms with Gasteiger partial charge in [-0.3, -0.25) is 0 Å². The minimum Gasteiger partial charge on any atom is -0.171 e. The molecule has 0 aliphatic carbocycles. The van der Waals surface area contributed by atoms with E-state index in [4.69, 9.17) is 0 Å². The van der Waals surface area contributed by atoms with Crippen molar-refractivity contribution in [3.63, 3.8) is 0 Å². The summed E-state index contributed by atoms with van der Waals surface area (Å²) in [6.45, 7) is 7.06. The standard InChI is InChI=1S/C9H17F3.C7H13F3/c1-3-5-7-8(6-4-2)9(10,11)12;1-3-5-6(4-2)7(8,9)10/h8H,3-7H2,1-2H3;6H,3-5H2,1-2H3. The predicted octanol–water partition coefficient (Wildman–Crippen LogP) is 7.53. The van der Waals surface area contributed by atoms with Gasteiger partial charge in [0.2, 0.25) is 0 Å². The molecule has 0 radical (unpaired) electrons. The molecule has 0 aromatic rings. The van der Waals surface area contributed by atoms with Crippen LogP contribution in [0.1, 0.15) is 79.1 Å². The van der Waals surface area contributed by atoms with Gasteiger partial charge in [-0.2, -0.15) is 26.3 Å². The fourth-order valence-corrected chi connectivity index (χ4v) is 2.22. The first kappa shape index (κ1) is 23.8. The Morgan fingerprint density at radius 3 is 1.23 bits per heavy atom. The molecule has 0 amide bonds. The molecule has 0 rings (SSSR count). The van der Waals surface area contributed by atoms with Crippen molar-refractivity contribution in [2.75, 3.05) is 0 Å². The molecule has 2 unspecified atom stereocenters. The second-order valence-corrected chi connectivity index (χ2v) is 5.60. The first-order valence-electron chi connectivity index (χ1n) is 8.17.